The number of ketones is 2. The summed E-state index contributed by atoms with van der Waals surface area (Å²) in [5.74, 6) is 4.72. The SMILES string of the molecule is CCOC1=CC(=O)C(C(=O)C#Cc2ccc(Cl)cc2)CC1. The lowest BCUT2D eigenvalue weighted by atomic mass is 9.88. The van der Waals surface area contributed by atoms with Crippen LogP contribution in [0, 0.1) is 17.8 Å². The summed E-state index contributed by atoms with van der Waals surface area (Å²) < 4.78 is 5.30. The molecule has 4 heteroatoms. The molecule has 0 amide bonds. The Morgan fingerprint density at radius 3 is 2.71 bits per heavy atom. The summed E-state index contributed by atoms with van der Waals surface area (Å²) in [7, 11) is 0. The third-order valence-corrected chi connectivity index (χ3v) is 3.40. The van der Waals surface area contributed by atoms with Crippen molar-refractivity contribution in [2.75, 3.05) is 6.61 Å². The molecule has 1 aromatic rings. The Hall–Kier alpha value is -2.05. The van der Waals surface area contributed by atoms with Gasteiger partial charge in [-0.1, -0.05) is 17.5 Å². The van der Waals surface area contributed by atoms with E-state index in [-0.39, 0.29) is 11.6 Å². The zero-order valence-electron chi connectivity index (χ0n) is 11.7. The molecular formula is C17H15ClO3. The number of hydrogen-bond donors (Lipinski definition) is 0. The number of carbonyl (C=O) groups excluding carboxylic acids is 2. The van der Waals surface area contributed by atoms with Crippen molar-refractivity contribution in [3.8, 4) is 11.8 Å². The van der Waals surface area contributed by atoms with E-state index in [0.29, 0.717) is 35.8 Å². The number of Topliss-reactive ketones (excluding diaryl/α,β-unsaturated/α-hetero) is 1. The van der Waals surface area contributed by atoms with E-state index >= 15 is 0 Å². The number of halogens is 1. The van der Waals surface area contributed by atoms with Crippen molar-refractivity contribution in [3.63, 3.8) is 0 Å². The van der Waals surface area contributed by atoms with Crippen LogP contribution in [0.4, 0.5) is 0 Å². The third-order valence-electron chi connectivity index (χ3n) is 3.15. The molecule has 1 atom stereocenters. The fourth-order valence-corrected chi connectivity index (χ4v) is 2.20. The smallest absolute Gasteiger partial charge is 0.216 e. The van der Waals surface area contributed by atoms with Gasteiger partial charge in [-0.3, -0.25) is 9.59 Å². The fourth-order valence-electron chi connectivity index (χ4n) is 2.07. The van der Waals surface area contributed by atoms with E-state index in [1.54, 1.807) is 24.3 Å². The third kappa shape index (κ3) is 4.21. The average molecular weight is 303 g/mol. The van der Waals surface area contributed by atoms with Crippen LogP contribution in [-0.4, -0.2) is 18.2 Å². The molecule has 0 spiro atoms. The van der Waals surface area contributed by atoms with Crippen molar-refractivity contribution >= 4 is 23.2 Å². The van der Waals surface area contributed by atoms with Crippen molar-refractivity contribution in [2.45, 2.75) is 19.8 Å². The second kappa shape index (κ2) is 7.10. The molecule has 1 aliphatic carbocycles. The molecule has 1 aliphatic rings. The van der Waals surface area contributed by atoms with E-state index in [4.69, 9.17) is 16.3 Å². The standard InChI is InChI=1S/C17H15ClO3/c1-2-21-14-8-9-15(17(20)11-14)16(19)10-5-12-3-6-13(18)7-4-12/h3-4,6-7,11,15H,2,8-9H2,1H3. The van der Waals surface area contributed by atoms with E-state index in [2.05, 4.69) is 11.8 Å². The maximum absolute atomic E-state index is 12.0. The highest BCUT2D eigenvalue weighted by atomic mass is 35.5. The Morgan fingerprint density at radius 2 is 2.10 bits per heavy atom. The molecular weight excluding hydrogens is 288 g/mol. The normalized spacial score (nSPS) is 17.5. The monoisotopic (exact) mass is 302 g/mol. The molecule has 0 radical (unpaired) electrons. The molecule has 3 nitrogen and oxygen atoms in total. The van der Waals surface area contributed by atoms with E-state index in [9.17, 15) is 9.59 Å². The molecule has 0 fully saturated rings. The van der Waals surface area contributed by atoms with E-state index in [1.807, 2.05) is 6.92 Å². The van der Waals surface area contributed by atoms with Crippen LogP contribution in [0.25, 0.3) is 0 Å². The number of allylic oxidation sites excluding steroid dienone is 2. The minimum Gasteiger partial charge on any atom is -0.498 e. The predicted octanol–water partition coefficient (Wildman–Crippen LogP) is 3.16. The lowest BCUT2D eigenvalue weighted by Crippen LogP contribution is -2.25. The quantitative estimate of drug-likeness (QED) is 0.636. The first-order valence-corrected chi connectivity index (χ1v) is 7.16. The molecule has 0 aromatic heterocycles. The summed E-state index contributed by atoms with van der Waals surface area (Å²) in [6.45, 7) is 2.38. The molecule has 0 saturated heterocycles. The van der Waals surface area contributed by atoms with Crippen LogP contribution in [0.2, 0.25) is 5.02 Å². The Bertz CT molecular complexity index is 632. The number of rotatable bonds is 3. The van der Waals surface area contributed by atoms with Crippen molar-refractivity contribution in [1.82, 2.24) is 0 Å². The number of ether oxygens (including phenoxy) is 1. The molecule has 0 heterocycles. The van der Waals surface area contributed by atoms with Crippen molar-refractivity contribution in [3.05, 3.63) is 46.7 Å². The fraction of sp³-hybridized carbons (Fsp3) is 0.294. The molecule has 0 aliphatic heterocycles. The van der Waals surface area contributed by atoms with Crippen molar-refractivity contribution in [1.29, 1.82) is 0 Å². The summed E-state index contributed by atoms with van der Waals surface area (Å²) in [5.41, 5.74) is 0.696. The first kappa shape index (κ1) is 15.3. The zero-order valence-corrected chi connectivity index (χ0v) is 12.4. The van der Waals surface area contributed by atoms with Gasteiger partial charge >= 0.3 is 0 Å². The van der Waals surface area contributed by atoms with Crippen LogP contribution < -0.4 is 0 Å². The van der Waals surface area contributed by atoms with Crippen LogP contribution in [0.5, 0.6) is 0 Å². The minimum absolute atomic E-state index is 0.222. The maximum Gasteiger partial charge on any atom is 0.216 e. The molecule has 0 saturated carbocycles. The van der Waals surface area contributed by atoms with Crippen molar-refractivity contribution < 1.29 is 14.3 Å². The minimum atomic E-state index is -0.672. The van der Waals surface area contributed by atoms with Gasteiger partial charge in [-0.25, -0.2) is 0 Å². The molecule has 1 unspecified atom stereocenters. The first-order chi connectivity index (χ1) is 10.1. The first-order valence-electron chi connectivity index (χ1n) is 6.79. The van der Waals surface area contributed by atoms with Crippen molar-refractivity contribution in [2.24, 2.45) is 5.92 Å². The Balaban J connectivity index is 2.05. The lowest BCUT2D eigenvalue weighted by molar-refractivity contribution is -0.127. The predicted molar refractivity (Wildman–Crippen MR) is 80.8 cm³/mol. The summed E-state index contributed by atoms with van der Waals surface area (Å²) in [6, 6.07) is 6.88. The van der Waals surface area contributed by atoms with Crippen LogP contribution in [-0.2, 0) is 14.3 Å². The molecule has 0 N–H and O–H groups in total. The molecule has 0 bridgehead atoms. The van der Waals surface area contributed by atoms with Gasteiger partial charge in [0, 0.05) is 23.1 Å². The zero-order chi connectivity index (χ0) is 15.2. The number of benzene rings is 1. The summed E-state index contributed by atoms with van der Waals surface area (Å²) in [6.07, 6.45) is 2.47. The summed E-state index contributed by atoms with van der Waals surface area (Å²) >= 11 is 5.78. The van der Waals surface area contributed by atoms with Gasteiger partial charge in [-0.05, 0) is 43.5 Å². The van der Waals surface area contributed by atoms with E-state index in [0.717, 1.165) is 0 Å². The largest absolute Gasteiger partial charge is 0.498 e. The Labute approximate surface area is 128 Å². The van der Waals surface area contributed by atoms with Gasteiger partial charge in [0.2, 0.25) is 5.78 Å². The maximum atomic E-state index is 12.0. The van der Waals surface area contributed by atoms with Gasteiger partial charge in [0.25, 0.3) is 0 Å². The van der Waals surface area contributed by atoms with E-state index < -0.39 is 5.92 Å². The second-order valence-corrected chi connectivity index (χ2v) is 5.09. The van der Waals surface area contributed by atoms with Gasteiger partial charge in [-0.2, -0.15) is 0 Å². The highest BCUT2D eigenvalue weighted by molar-refractivity contribution is 6.30. The highest BCUT2D eigenvalue weighted by Gasteiger charge is 2.28. The Morgan fingerprint density at radius 1 is 1.38 bits per heavy atom. The topological polar surface area (TPSA) is 43.4 Å². The number of carbonyl (C=O) groups is 2. The Kier molecular flexibility index (Phi) is 5.19. The second-order valence-electron chi connectivity index (χ2n) is 4.66. The van der Waals surface area contributed by atoms with Crippen LogP contribution in [0.1, 0.15) is 25.3 Å². The van der Waals surface area contributed by atoms with Gasteiger partial charge in [0.1, 0.15) is 0 Å². The molecule has 2 rings (SSSR count). The van der Waals surface area contributed by atoms with E-state index in [1.165, 1.54) is 6.08 Å². The molecule has 21 heavy (non-hydrogen) atoms. The number of hydrogen-bond acceptors (Lipinski definition) is 3. The lowest BCUT2D eigenvalue weighted by Gasteiger charge is -2.17. The molecule has 1 aromatic carbocycles. The van der Waals surface area contributed by atoms with Crippen LogP contribution >= 0.6 is 11.6 Å². The van der Waals surface area contributed by atoms with Crippen LogP contribution in [0.3, 0.4) is 0 Å². The van der Waals surface area contributed by atoms with Gasteiger partial charge < -0.3 is 4.74 Å². The highest BCUT2D eigenvalue weighted by Crippen LogP contribution is 2.22. The average Bonchev–Trinajstić information content (AvgIpc) is 2.47. The van der Waals surface area contributed by atoms with Gasteiger partial charge in [0.15, 0.2) is 5.78 Å². The van der Waals surface area contributed by atoms with Gasteiger partial charge in [0.05, 0.1) is 18.3 Å². The summed E-state index contributed by atoms with van der Waals surface area (Å²) in [4.78, 5) is 23.9. The van der Waals surface area contributed by atoms with Gasteiger partial charge in [-0.15, -0.1) is 0 Å². The summed E-state index contributed by atoms with van der Waals surface area (Å²) in [5, 5.41) is 0.614. The van der Waals surface area contributed by atoms with Crippen LogP contribution in [0.15, 0.2) is 36.1 Å². The molecule has 108 valence electrons.